The van der Waals surface area contributed by atoms with Crippen LogP contribution in [0, 0.1) is 10.1 Å². The molecule has 0 heterocycles. The van der Waals surface area contributed by atoms with E-state index in [1.165, 1.54) is 39.5 Å². The molecule has 0 bridgehead atoms. The third-order valence-corrected chi connectivity index (χ3v) is 3.30. The van der Waals surface area contributed by atoms with Gasteiger partial charge in [-0.15, -0.1) is 0 Å². The van der Waals surface area contributed by atoms with Crippen LogP contribution in [0.3, 0.4) is 0 Å². The van der Waals surface area contributed by atoms with Gasteiger partial charge in [-0.05, 0) is 18.2 Å². The van der Waals surface area contributed by atoms with Crippen LogP contribution in [-0.4, -0.2) is 32.2 Å². The Morgan fingerprint density at radius 3 is 2.29 bits per heavy atom. The number of benzene rings is 2. The number of hydrogen-bond donors (Lipinski definition) is 1. The van der Waals surface area contributed by atoms with Gasteiger partial charge in [-0.2, -0.15) is 0 Å². The first-order valence-corrected chi connectivity index (χ1v) is 6.86. The van der Waals surface area contributed by atoms with Crippen LogP contribution < -0.4 is 19.5 Å². The molecule has 0 spiro atoms. The number of nitro benzene ring substituents is 1. The smallest absolute Gasteiger partial charge is 0.273 e. The lowest BCUT2D eigenvalue weighted by Gasteiger charge is -2.12. The molecule has 2 rings (SSSR count). The van der Waals surface area contributed by atoms with E-state index in [4.69, 9.17) is 14.2 Å². The van der Waals surface area contributed by atoms with Gasteiger partial charge in [0.2, 0.25) is 0 Å². The van der Waals surface area contributed by atoms with Crippen LogP contribution in [0.2, 0.25) is 0 Å². The lowest BCUT2D eigenvalue weighted by molar-refractivity contribution is -0.384. The van der Waals surface area contributed by atoms with Gasteiger partial charge in [0.15, 0.2) is 0 Å². The van der Waals surface area contributed by atoms with E-state index in [1.54, 1.807) is 18.2 Å². The summed E-state index contributed by atoms with van der Waals surface area (Å²) in [5, 5.41) is 13.5. The number of rotatable bonds is 6. The second-order valence-electron chi connectivity index (χ2n) is 4.66. The lowest BCUT2D eigenvalue weighted by atomic mass is 10.1. The molecule has 0 aliphatic rings. The van der Waals surface area contributed by atoms with Crippen LogP contribution in [0.25, 0.3) is 0 Å². The number of nitrogens with zero attached hydrogens (tertiary/aromatic N) is 1. The van der Waals surface area contributed by atoms with Crippen LogP contribution in [0.5, 0.6) is 17.2 Å². The second kappa shape index (κ2) is 7.32. The molecule has 0 saturated carbocycles. The normalized spacial score (nSPS) is 9.96. The molecule has 0 radical (unpaired) electrons. The SMILES string of the molecule is COc1ccc(C(=O)Nc2ccc([N+](=O)[O-])cc2OC)c(OC)c1. The minimum absolute atomic E-state index is 0.133. The van der Waals surface area contributed by atoms with Gasteiger partial charge in [0.1, 0.15) is 17.2 Å². The van der Waals surface area contributed by atoms with Crippen LogP contribution in [0.1, 0.15) is 10.4 Å². The van der Waals surface area contributed by atoms with E-state index in [-0.39, 0.29) is 11.4 Å². The van der Waals surface area contributed by atoms with Crippen LogP contribution in [-0.2, 0) is 0 Å². The van der Waals surface area contributed by atoms with Crippen LogP contribution in [0.4, 0.5) is 11.4 Å². The van der Waals surface area contributed by atoms with Gasteiger partial charge < -0.3 is 19.5 Å². The Morgan fingerprint density at radius 1 is 1.00 bits per heavy atom. The molecule has 24 heavy (non-hydrogen) atoms. The van der Waals surface area contributed by atoms with Crippen molar-refractivity contribution in [1.29, 1.82) is 0 Å². The van der Waals surface area contributed by atoms with E-state index in [0.29, 0.717) is 22.7 Å². The third-order valence-electron chi connectivity index (χ3n) is 3.30. The predicted molar refractivity (Wildman–Crippen MR) is 87.1 cm³/mol. The highest BCUT2D eigenvalue weighted by Gasteiger charge is 2.17. The monoisotopic (exact) mass is 332 g/mol. The predicted octanol–water partition coefficient (Wildman–Crippen LogP) is 2.87. The largest absolute Gasteiger partial charge is 0.497 e. The minimum Gasteiger partial charge on any atom is -0.497 e. The number of ether oxygens (including phenoxy) is 3. The van der Waals surface area contributed by atoms with Crippen molar-refractivity contribution in [2.75, 3.05) is 26.6 Å². The quantitative estimate of drug-likeness (QED) is 0.645. The molecular weight excluding hydrogens is 316 g/mol. The Labute approximate surface area is 138 Å². The minimum atomic E-state index is -0.541. The highest BCUT2D eigenvalue weighted by atomic mass is 16.6. The summed E-state index contributed by atoms with van der Waals surface area (Å²) in [6, 6.07) is 8.70. The maximum absolute atomic E-state index is 12.5. The van der Waals surface area contributed by atoms with Crippen molar-refractivity contribution in [2.24, 2.45) is 0 Å². The Morgan fingerprint density at radius 2 is 1.71 bits per heavy atom. The number of carbonyl (C=O) groups excluding carboxylic acids is 1. The molecule has 0 aromatic heterocycles. The summed E-state index contributed by atoms with van der Waals surface area (Å²) >= 11 is 0. The van der Waals surface area contributed by atoms with Gasteiger partial charge in [0.25, 0.3) is 11.6 Å². The summed E-state index contributed by atoms with van der Waals surface area (Å²) in [6.45, 7) is 0. The molecule has 2 aromatic rings. The second-order valence-corrected chi connectivity index (χ2v) is 4.66. The Balaban J connectivity index is 2.31. The number of amides is 1. The summed E-state index contributed by atoms with van der Waals surface area (Å²) in [7, 11) is 4.32. The average Bonchev–Trinajstić information content (AvgIpc) is 2.60. The third kappa shape index (κ3) is 3.54. The van der Waals surface area contributed by atoms with E-state index in [0.717, 1.165) is 0 Å². The molecule has 0 unspecified atom stereocenters. The Kier molecular flexibility index (Phi) is 5.20. The first kappa shape index (κ1) is 17.1. The number of anilines is 1. The maximum Gasteiger partial charge on any atom is 0.273 e. The van der Waals surface area contributed by atoms with E-state index < -0.39 is 10.8 Å². The average molecular weight is 332 g/mol. The molecule has 8 heteroatoms. The molecular formula is C16H16N2O6. The Hall–Kier alpha value is -3.29. The fourth-order valence-corrected chi connectivity index (χ4v) is 2.07. The molecule has 0 atom stereocenters. The molecule has 0 aliphatic carbocycles. The molecule has 0 aliphatic heterocycles. The Bertz CT molecular complexity index is 775. The van der Waals surface area contributed by atoms with Crippen molar-refractivity contribution in [2.45, 2.75) is 0 Å². The van der Waals surface area contributed by atoms with E-state index >= 15 is 0 Å². The van der Waals surface area contributed by atoms with E-state index in [2.05, 4.69) is 5.32 Å². The van der Waals surface area contributed by atoms with Crippen molar-refractivity contribution in [1.82, 2.24) is 0 Å². The van der Waals surface area contributed by atoms with Crippen molar-refractivity contribution in [3.8, 4) is 17.2 Å². The van der Waals surface area contributed by atoms with E-state index in [1.807, 2.05) is 0 Å². The molecule has 0 saturated heterocycles. The number of methoxy groups -OCH3 is 3. The topological polar surface area (TPSA) is 99.9 Å². The molecule has 126 valence electrons. The molecule has 8 nitrogen and oxygen atoms in total. The van der Waals surface area contributed by atoms with Crippen molar-refractivity contribution in [3.63, 3.8) is 0 Å². The standard InChI is InChI=1S/C16H16N2O6/c1-22-11-5-6-12(14(9-11)23-2)16(19)17-13-7-4-10(18(20)21)8-15(13)24-3/h4-9H,1-3H3,(H,17,19). The maximum atomic E-state index is 12.5. The summed E-state index contributed by atoms with van der Waals surface area (Å²) < 4.78 is 15.4. The van der Waals surface area contributed by atoms with Gasteiger partial charge in [-0.25, -0.2) is 0 Å². The fraction of sp³-hybridized carbons (Fsp3) is 0.188. The number of hydrogen-bond acceptors (Lipinski definition) is 6. The van der Waals surface area contributed by atoms with Crippen molar-refractivity contribution < 1.29 is 23.9 Å². The van der Waals surface area contributed by atoms with Gasteiger partial charge in [0, 0.05) is 12.1 Å². The molecule has 1 amide bonds. The number of non-ortho nitro benzene ring substituents is 1. The zero-order chi connectivity index (χ0) is 17.7. The summed E-state index contributed by atoms with van der Waals surface area (Å²) in [5.74, 6) is 0.635. The summed E-state index contributed by atoms with van der Waals surface area (Å²) in [6.07, 6.45) is 0. The lowest BCUT2D eigenvalue weighted by Crippen LogP contribution is -2.14. The number of nitro groups is 1. The number of carbonyl (C=O) groups is 1. The highest BCUT2D eigenvalue weighted by Crippen LogP contribution is 2.31. The van der Waals surface area contributed by atoms with Gasteiger partial charge in [-0.3, -0.25) is 14.9 Å². The zero-order valence-electron chi connectivity index (χ0n) is 13.4. The van der Waals surface area contributed by atoms with Gasteiger partial charge >= 0.3 is 0 Å². The molecule has 0 fully saturated rings. The molecule has 1 N–H and O–H groups in total. The van der Waals surface area contributed by atoms with Crippen molar-refractivity contribution in [3.05, 3.63) is 52.1 Å². The summed E-state index contributed by atoms with van der Waals surface area (Å²) in [5.41, 5.74) is 0.469. The van der Waals surface area contributed by atoms with Crippen LogP contribution in [0.15, 0.2) is 36.4 Å². The summed E-state index contributed by atoms with van der Waals surface area (Å²) in [4.78, 5) is 22.7. The molecule has 2 aromatic carbocycles. The van der Waals surface area contributed by atoms with Crippen molar-refractivity contribution >= 4 is 17.3 Å². The zero-order valence-corrected chi connectivity index (χ0v) is 13.4. The first-order valence-electron chi connectivity index (χ1n) is 6.86. The van der Waals surface area contributed by atoms with E-state index in [9.17, 15) is 14.9 Å². The first-order chi connectivity index (χ1) is 11.5. The number of nitrogens with one attached hydrogen (secondary N) is 1. The van der Waals surface area contributed by atoms with Crippen LogP contribution >= 0.6 is 0 Å². The highest BCUT2D eigenvalue weighted by molar-refractivity contribution is 6.07. The van der Waals surface area contributed by atoms with Gasteiger partial charge in [-0.1, -0.05) is 0 Å². The fourth-order valence-electron chi connectivity index (χ4n) is 2.07. The van der Waals surface area contributed by atoms with Gasteiger partial charge in [0.05, 0.1) is 43.6 Å².